The average Bonchev–Trinajstić information content (AvgIpc) is 2.33. The third kappa shape index (κ3) is 3.07. The fourth-order valence-electron chi connectivity index (χ4n) is 1.41. The summed E-state index contributed by atoms with van der Waals surface area (Å²) in [6, 6.07) is 7.04. The molecule has 0 aliphatic carbocycles. The molecule has 0 saturated heterocycles. The van der Waals surface area contributed by atoms with Gasteiger partial charge in [0.2, 0.25) is 0 Å². The Morgan fingerprint density at radius 1 is 1.28 bits per heavy atom. The first-order valence-electron chi connectivity index (χ1n) is 5.02. The Balaban J connectivity index is 2.36. The number of methoxy groups -OCH3 is 1. The van der Waals surface area contributed by atoms with Crippen LogP contribution in [0.2, 0.25) is 10.0 Å². The van der Waals surface area contributed by atoms with Crippen molar-refractivity contribution in [3.05, 3.63) is 45.0 Å². The van der Waals surface area contributed by atoms with Crippen LogP contribution in [-0.4, -0.2) is 12.1 Å². The lowest BCUT2D eigenvalue weighted by molar-refractivity contribution is 0.417. The first-order chi connectivity index (χ1) is 8.60. The van der Waals surface area contributed by atoms with Crippen molar-refractivity contribution in [2.75, 3.05) is 12.4 Å². The molecule has 0 fully saturated rings. The fourth-order valence-corrected chi connectivity index (χ4v) is 2.26. The number of rotatable bonds is 3. The quantitative estimate of drug-likeness (QED) is 0.857. The number of ether oxygens (including phenoxy) is 1. The van der Waals surface area contributed by atoms with Crippen LogP contribution in [0.5, 0.6) is 5.75 Å². The first kappa shape index (κ1) is 13.5. The lowest BCUT2D eigenvalue weighted by atomic mass is 10.3. The van der Waals surface area contributed by atoms with Gasteiger partial charge in [-0.15, -0.1) is 0 Å². The van der Waals surface area contributed by atoms with Crippen molar-refractivity contribution < 1.29 is 4.74 Å². The number of anilines is 2. The molecule has 0 unspecified atom stereocenters. The third-order valence-corrected chi connectivity index (χ3v) is 3.18. The van der Waals surface area contributed by atoms with Gasteiger partial charge in [-0.2, -0.15) is 0 Å². The summed E-state index contributed by atoms with van der Waals surface area (Å²) in [6.45, 7) is 0. The molecule has 2 aromatic rings. The maximum Gasteiger partial charge on any atom is 0.149 e. The summed E-state index contributed by atoms with van der Waals surface area (Å²) in [5.74, 6) is 1.21. The maximum atomic E-state index is 6.09. The zero-order valence-electron chi connectivity index (χ0n) is 9.38. The Labute approximate surface area is 123 Å². The van der Waals surface area contributed by atoms with Gasteiger partial charge in [-0.25, -0.2) is 4.98 Å². The molecule has 0 amide bonds. The molecule has 0 atom stereocenters. The topological polar surface area (TPSA) is 34.1 Å². The minimum absolute atomic E-state index is 0.506. The van der Waals surface area contributed by atoms with Gasteiger partial charge < -0.3 is 10.1 Å². The molecule has 3 nitrogen and oxygen atoms in total. The number of pyridine rings is 1. The van der Waals surface area contributed by atoms with Gasteiger partial charge in [-0.05, 0) is 40.2 Å². The van der Waals surface area contributed by atoms with Crippen LogP contribution in [0.25, 0.3) is 0 Å². The van der Waals surface area contributed by atoms with E-state index < -0.39 is 0 Å². The molecular weight excluding hydrogens is 339 g/mol. The summed E-state index contributed by atoms with van der Waals surface area (Å²) in [5, 5.41) is 4.20. The zero-order valence-corrected chi connectivity index (χ0v) is 12.5. The molecule has 1 N–H and O–H groups in total. The predicted molar refractivity (Wildman–Crippen MR) is 78.2 cm³/mol. The normalized spacial score (nSPS) is 10.2. The molecule has 0 bridgehead atoms. The van der Waals surface area contributed by atoms with Gasteiger partial charge in [-0.1, -0.05) is 23.2 Å². The smallest absolute Gasteiger partial charge is 0.149 e. The maximum absolute atomic E-state index is 6.09. The van der Waals surface area contributed by atoms with E-state index in [-0.39, 0.29) is 0 Å². The average molecular weight is 348 g/mol. The van der Waals surface area contributed by atoms with E-state index in [1.54, 1.807) is 37.6 Å². The van der Waals surface area contributed by atoms with E-state index in [2.05, 4.69) is 26.2 Å². The Bertz CT molecular complexity index is 578. The second-order valence-electron chi connectivity index (χ2n) is 3.45. The number of halogens is 3. The van der Waals surface area contributed by atoms with Gasteiger partial charge in [0.05, 0.1) is 17.8 Å². The van der Waals surface area contributed by atoms with Crippen LogP contribution >= 0.6 is 39.1 Å². The molecule has 6 heteroatoms. The van der Waals surface area contributed by atoms with Gasteiger partial charge in [0.15, 0.2) is 0 Å². The summed E-state index contributed by atoms with van der Waals surface area (Å²) in [4.78, 5) is 4.19. The second kappa shape index (κ2) is 5.78. The molecule has 1 heterocycles. The summed E-state index contributed by atoms with van der Waals surface area (Å²) in [7, 11) is 1.59. The van der Waals surface area contributed by atoms with Gasteiger partial charge in [-0.3, -0.25) is 0 Å². The number of aromatic nitrogens is 1. The van der Waals surface area contributed by atoms with Crippen molar-refractivity contribution in [1.29, 1.82) is 0 Å². The Morgan fingerprint density at radius 3 is 2.72 bits per heavy atom. The number of hydrogen-bond donors (Lipinski definition) is 1. The van der Waals surface area contributed by atoms with Crippen LogP contribution in [0, 0.1) is 0 Å². The molecular formula is C12H9BrCl2N2O. The van der Waals surface area contributed by atoms with E-state index in [1.807, 2.05) is 0 Å². The minimum atomic E-state index is 0.506. The number of hydrogen-bond acceptors (Lipinski definition) is 3. The van der Waals surface area contributed by atoms with Gasteiger partial charge >= 0.3 is 0 Å². The first-order valence-corrected chi connectivity index (χ1v) is 6.56. The SMILES string of the molecule is COc1ccc(Cl)cc1Nc1ncc(Br)cc1Cl. The lowest BCUT2D eigenvalue weighted by Crippen LogP contribution is -1.97. The van der Waals surface area contributed by atoms with E-state index in [0.29, 0.717) is 27.3 Å². The van der Waals surface area contributed by atoms with Crippen molar-refractivity contribution >= 4 is 50.6 Å². The van der Waals surface area contributed by atoms with Gasteiger partial charge in [0, 0.05) is 15.7 Å². The highest BCUT2D eigenvalue weighted by Gasteiger charge is 2.08. The molecule has 2 rings (SSSR count). The van der Waals surface area contributed by atoms with E-state index >= 15 is 0 Å². The molecule has 0 aliphatic rings. The van der Waals surface area contributed by atoms with Crippen LogP contribution in [0.1, 0.15) is 0 Å². The predicted octanol–water partition coefficient (Wildman–Crippen LogP) is 4.90. The van der Waals surface area contributed by atoms with Crippen molar-refractivity contribution in [3.8, 4) is 5.75 Å². The monoisotopic (exact) mass is 346 g/mol. The van der Waals surface area contributed by atoms with Crippen LogP contribution in [0.15, 0.2) is 34.9 Å². The highest BCUT2D eigenvalue weighted by Crippen LogP contribution is 2.32. The molecule has 0 spiro atoms. The molecule has 0 radical (unpaired) electrons. The molecule has 1 aromatic heterocycles. The van der Waals surface area contributed by atoms with Crippen molar-refractivity contribution in [3.63, 3.8) is 0 Å². The molecule has 1 aromatic carbocycles. The Kier molecular flexibility index (Phi) is 4.32. The Hall–Kier alpha value is -0.970. The summed E-state index contributed by atoms with van der Waals surface area (Å²) in [5.41, 5.74) is 0.710. The highest BCUT2D eigenvalue weighted by atomic mass is 79.9. The van der Waals surface area contributed by atoms with Crippen LogP contribution in [-0.2, 0) is 0 Å². The van der Waals surface area contributed by atoms with E-state index in [9.17, 15) is 0 Å². The number of nitrogens with one attached hydrogen (secondary N) is 1. The Morgan fingerprint density at radius 2 is 2.06 bits per heavy atom. The standard InChI is InChI=1S/C12H9BrCl2N2O/c1-18-11-3-2-8(14)5-10(11)17-12-9(15)4-7(13)6-16-12/h2-6H,1H3,(H,16,17). The van der Waals surface area contributed by atoms with Gasteiger partial charge in [0.1, 0.15) is 11.6 Å². The summed E-state index contributed by atoms with van der Waals surface area (Å²) < 4.78 is 6.05. The van der Waals surface area contributed by atoms with Crippen molar-refractivity contribution in [2.24, 2.45) is 0 Å². The largest absolute Gasteiger partial charge is 0.495 e. The highest BCUT2D eigenvalue weighted by molar-refractivity contribution is 9.10. The molecule has 18 heavy (non-hydrogen) atoms. The van der Waals surface area contributed by atoms with Crippen LogP contribution < -0.4 is 10.1 Å². The third-order valence-electron chi connectivity index (χ3n) is 2.22. The van der Waals surface area contributed by atoms with E-state index in [0.717, 1.165) is 4.47 Å². The minimum Gasteiger partial charge on any atom is -0.495 e. The summed E-state index contributed by atoms with van der Waals surface area (Å²) in [6.07, 6.45) is 1.66. The second-order valence-corrected chi connectivity index (χ2v) is 5.21. The molecule has 0 saturated carbocycles. The van der Waals surface area contributed by atoms with Gasteiger partial charge in [0.25, 0.3) is 0 Å². The van der Waals surface area contributed by atoms with Crippen molar-refractivity contribution in [2.45, 2.75) is 0 Å². The number of nitrogens with zero attached hydrogens (tertiary/aromatic N) is 1. The fraction of sp³-hybridized carbons (Fsp3) is 0.0833. The zero-order chi connectivity index (χ0) is 13.1. The van der Waals surface area contributed by atoms with Crippen LogP contribution in [0.3, 0.4) is 0 Å². The molecule has 94 valence electrons. The molecule has 0 aliphatic heterocycles. The van der Waals surface area contributed by atoms with Crippen LogP contribution in [0.4, 0.5) is 11.5 Å². The van der Waals surface area contributed by atoms with Crippen molar-refractivity contribution in [1.82, 2.24) is 4.98 Å². The van der Waals surface area contributed by atoms with E-state index in [1.165, 1.54) is 0 Å². The van der Waals surface area contributed by atoms with E-state index in [4.69, 9.17) is 27.9 Å². The number of benzene rings is 1. The summed E-state index contributed by atoms with van der Waals surface area (Å²) >= 11 is 15.3. The lowest BCUT2D eigenvalue weighted by Gasteiger charge is -2.12.